The van der Waals surface area contributed by atoms with E-state index in [1.165, 1.54) is 0 Å². The summed E-state index contributed by atoms with van der Waals surface area (Å²) >= 11 is 0. The van der Waals surface area contributed by atoms with Crippen LogP contribution in [0.25, 0.3) is 0 Å². The van der Waals surface area contributed by atoms with Gasteiger partial charge in [-0.2, -0.15) is 0 Å². The molecule has 0 aromatic heterocycles. The van der Waals surface area contributed by atoms with Gasteiger partial charge in [0.05, 0.1) is 0 Å². The molecule has 2 unspecified atom stereocenters. The van der Waals surface area contributed by atoms with Gasteiger partial charge in [-0.25, -0.2) is 4.39 Å². The van der Waals surface area contributed by atoms with Gasteiger partial charge in [-0.05, 0) is 19.4 Å². The van der Waals surface area contributed by atoms with Gasteiger partial charge in [0.25, 0.3) is 0 Å². The summed E-state index contributed by atoms with van der Waals surface area (Å²) in [6.45, 7) is 2.01. The number of hydrogen-bond acceptors (Lipinski definition) is 2. The Morgan fingerprint density at radius 1 is 1.70 bits per heavy atom. The third-order valence-electron chi connectivity index (χ3n) is 2.07. The largest absolute Gasteiger partial charge is 0.328 e. The van der Waals surface area contributed by atoms with Gasteiger partial charge in [-0.1, -0.05) is 0 Å². The zero-order valence-corrected chi connectivity index (χ0v) is 6.15. The van der Waals surface area contributed by atoms with Crippen molar-refractivity contribution in [3.05, 3.63) is 0 Å². The Bertz CT molecular complexity index is 91.6. The summed E-state index contributed by atoms with van der Waals surface area (Å²) in [5.74, 6) is 0.166. The molecule has 3 N–H and O–H groups in total. The summed E-state index contributed by atoms with van der Waals surface area (Å²) in [5, 5.41) is 3.15. The van der Waals surface area contributed by atoms with Gasteiger partial charge < -0.3 is 11.1 Å². The highest BCUT2D eigenvalue weighted by molar-refractivity contribution is 4.76. The van der Waals surface area contributed by atoms with Gasteiger partial charge in [0.1, 0.15) is 6.17 Å². The zero-order chi connectivity index (χ0) is 7.40. The monoisotopic (exact) mass is 146 g/mol. The number of alkyl halides is 1. The van der Waals surface area contributed by atoms with Crippen molar-refractivity contribution in [2.75, 3.05) is 19.6 Å². The number of hydrogen-bond donors (Lipinski definition) is 2. The van der Waals surface area contributed by atoms with E-state index in [1.54, 1.807) is 0 Å². The Hall–Kier alpha value is -0.150. The van der Waals surface area contributed by atoms with Crippen LogP contribution in [0, 0.1) is 5.92 Å². The van der Waals surface area contributed by atoms with E-state index in [2.05, 4.69) is 5.32 Å². The van der Waals surface area contributed by atoms with E-state index >= 15 is 0 Å². The molecule has 60 valence electrons. The summed E-state index contributed by atoms with van der Waals surface area (Å²) in [4.78, 5) is 0. The predicted molar refractivity (Wildman–Crippen MR) is 39.5 cm³/mol. The van der Waals surface area contributed by atoms with Crippen molar-refractivity contribution in [2.45, 2.75) is 19.0 Å². The minimum absolute atomic E-state index is 0.166. The summed E-state index contributed by atoms with van der Waals surface area (Å²) < 4.78 is 12.9. The molecule has 3 heteroatoms. The maximum atomic E-state index is 12.9. The van der Waals surface area contributed by atoms with Crippen LogP contribution in [0.15, 0.2) is 0 Å². The lowest BCUT2D eigenvalue weighted by Gasteiger charge is -2.24. The van der Waals surface area contributed by atoms with Gasteiger partial charge in [0.15, 0.2) is 0 Å². The van der Waals surface area contributed by atoms with Crippen LogP contribution in [-0.2, 0) is 0 Å². The van der Waals surface area contributed by atoms with Crippen LogP contribution < -0.4 is 11.1 Å². The molecular formula is C7H15FN2. The van der Waals surface area contributed by atoms with Crippen molar-refractivity contribution in [2.24, 2.45) is 11.7 Å². The van der Waals surface area contributed by atoms with Crippen molar-refractivity contribution in [3.8, 4) is 0 Å². The first-order valence-corrected chi connectivity index (χ1v) is 3.89. The fourth-order valence-electron chi connectivity index (χ4n) is 1.38. The van der Waals surface area contributed by atoms with E-state index in [-0.39, 0.29) is 12.5 Å². The Morgan fingerprint density at radius 2 is 2.50 bits per heavy atom. The van der Waals surface area contributed by atoms with E-state index in [4.69, 9.17) is 5.73 Å². The first kappa shape index (κ1) is 7.95. The lowest BCUT2D eigenvalue weighted by molar-refractivity contribution is 0.198. The molecule has 1 aliphatic rings. The second kappa shape index (κ2) is 3.88. The van der Waals surface area contributed by atoms with E-state index in [0.29, 0.717) is 0 Å². The molecule has 0 radical (unpaired) electrons. The molecule has 1 heterocycles. The fourth-order valence-corrected chi connectivity index (χ4v) is 1.38. The Morgan fingerprint density at radius 3 is 3.00 bits per heavy atom. The minimum Gasteiger partial charge on any atom is -0.328 e. The van der Waals surface area contributed by atoms with Crippen LogP contribution in [0.1, 0.15) is 12.8 Å². The normalized spacial score (nSPS) is 30.0. The summed E-state index contributed by atoms with van der Waals surface area (Å²) in [6.07, 6.45) is 1.28. The van der Waals surface area contributed by atoms with Crippen molar-refractivity contribution in [1.82, 2.24) is 5.32 Å². The molecule has 1 aliphatic heterocycles. The lowest BCUT2D eigenvalue weighted by atomic mass is 9.95. The van der Waals surface area contributed by atoms with E-state index in [9.17, 15) is 4.39 Å². The van der Waals surface area contributed by atoms with Gasteiger partial charge in [0, 0.05) is 19.0 Å². The number of nitrogens with one attached hydrogen (secondary N) is 1. The smallest absolute Gasteiger partial charge is 0.116 e. The number of rotatable bonds is 2. The fraction of sp³-hybridized carbons (Fsp3) is 1.00. The highest BCUT2D eigenvalue weighted by atomic mass is 19.1. The van der Waals surface area contributed by atoms with Crippen LogP contribution in [0.2, 0.25) is 0 Å². The summed E-state index contributed by atoms with van der Waals surface area (Å²) in [7, 11) is 0. The Labute approximate surface area is 61.0 Å². The molecule has 0 aromatic carbocycles. The zero-order valence-electron chi connectivity index (χ0n) is 6.15. The van der Waals surface area contributed by atoms with Gasteiger partial charge in [0.2, 0.25) is 0 Å². The van der Waals surface area contributed by atoms with Crippen LogP contribution in [0.4, 0.5) is 4.39 Å². The number of halogens is 1. The molecule has 0 spiro atoms. The van der Waals surface area contributed by atoms with Gasteiger partial charge in [-0.3, -0.25) is 0 Å². The van der Waals surface area contributed by atoms with E-state index in [1.807, 2.05) is 0 Å². The molecule has 0 aliphatic carbocycles. The van der Waals surface area contributed by atoms with Crippen molar-refractivity contribution >= 4 is 0 Å². The molecule has 0 bridgehead atoms. The topological polar surface area (TPSA) is 38.0 Å². The van der Waals surface area contributed by atoms with Crippen molar-refractivity contribution in [3.63, 3.8) is 0 Å². The second-order valence-electron chi connectivity index (χ2n) is 2.86. The molecule has 10 heavy (non-hydrogen) atoms. The summed E-state index contributed by atoms with van der Waals surface area (Å²) in [5.41, 5.74) is 5.20. The molecule has 0 amide bonds. The van der Waals surface area contributed by atoms with E-state index in [0.717, 1.165) is 25.9 Å². The first-order chi connectivity index (χ1) is 4.84. The standard InChI is InChI=1S/C7H15FN2/c8-7(4-9)6-2-1-3-10-5-6/h6-7,10H,1-5,9H2. The highest BCUT2D eigenvalue weighted by Gasteiger charge is 2.21. The Balaban J connectivity index is 2.24. The average molecular weight is 146 g/mol. The quantitative estimate of drug-likeness (QED) is 0.587. The van der Waals surface area contributed by atoms with Crippen LogP contribution in [0.3, 0.4) is 0 Å². The van der Waals surface area contributed by atoms with Crippen molar-refractivity contribution in [1.29, 1.82) is 0 Å². The second-order valence-corrected chi connectivity index (χ2v) is 2.86. The molecule has 0 saturated carbocycles. The molecule has 1 saturated heterocycles. The molecule has 2 nitrogen and oxygen atoms in total. The summed E-state index contributed by atoms with van der Waals surface area (Å²) in [6, 6.07) is 0. The molecule has 0 aromatic rings. The minimum atomic E-state index is -0.798. The highest BCUT2D eigenvalue weighted by Crippen LogP contribution is 2.15. The molecule has 1 fully saturated rings. The third kappa shape index (κ3) is 1.92. The predicted octanol–water partition coefficient (Wildman–Crippen LogP) is 0.283. The average Bonchev–Trinajstić information content (AvgIpc) is 2.05. The van der Waals surface area contributed by atoms with Crippen LogP contribution in [0.5, 0.6) is 0 Å². The number of nitrogens with two attached hydrogens (primary N) is 1. The van der Waals surface area contributed by atoms with Gasteiger partial charge in [-0.15, -0.1) is 0 Å². The molecular weight excluding hydrogens is 131 g/mol. The Kier molecular flexibility index (Phi) is 3.09. The number of piperidine rings is 1. The molecule has 2 atom stereocenters. The maximum Gasteiger partial charge on any atom is 0.116 e. The van der Waals surface area contributed by atoms with Crippen LogP contribution >= 0.6 is 0 Å². The first-order valence-electron chi connectivity index (χ1n) is 3.89. The van der Waals surface area contributed by atoms with Crippen molar-refractivity contribution < 1.29 is 4.39 Å². The SMILES string of the molecule is NCC(F)C1CCCNC1. The third-order valence-corrected chi connectivity index (χ3v) is 2.07. The maximum absolute atomic E-state index is 12.9. The lowest BCUT2D eigenvalue weighted by Crippen LogP contribution is -2.37. The van der Waals surface area contributed by atoms with Gasteiger partial charge >= 0.3 is 0 Å². The molecule has 1 rings (SSSR count). The van der Waals surface area contributed by atoms with Crippen LogP contribution in [-0.4, -0.2) is 25.8 Å². The van der Waals surface area contributed by atoms with E-state index < -0.39 is 6.17 Å².